The monoisotopic (exact) mass is 483 g/mol. The molecule has 1 amide bonds. The highest BCUT2D eigenvalue weighted by Crippen LogP contribution is 2.29. The number of carbonyl (C=O) groups excluding carboxylic acids is 1. The number of thiazole rings is 1. The lowest BCUT2D eigenvalue weighted by atomic mass is 10.3. The van der Waals surface area contributed by atoms with Crippen LogP contribution in [0.25, 0.3) is 5.69 Å². The van der Waals surface area contributed by atoms with E-state index in [1.54, 1.807) is 25.1 Å². The van der Waals surface area contributed by atoms with Gasteiger partial charge in [-0.25, -0.2) is 9.37 Å². The molecule has 0 spiro atoms. The van der Waals surface area contributed by atoms with Gasteiger partial charge in [0.1, 0.15) is 0 Å². The van der Waals surface area contributed by atoms with Crippen molar-refractivity contribution in [3.05, 3.63) is 76.8 Å². The number of amides is 1. The molecule has 170 valence electrons. The fraction of sp³-hybridized carbons (Fsp3) is 0.217. The molecule has 10 heteroatoms. The Hall–Kier alpha value is -3.24. The van der Waals surface area contributed by atoms with E-state index < -0.39 is 11.9 Å². The number of aromatic nitrogens is 4. The van der Waals surface area contributed by atoms with Crippen LogP contribution >= 0.6 is 23.1 Å². The maximum atomic E-state index is 14.1. The van der Waals surface area contributed by atoms with Crippen molar-refractivity contribution in [1.82, 2.24) is 19.7 Å². The van der Waals surface area contributed by atoms with Gasteiger partial charge in [0, 0.05) is 10.6 Å². The molecule has 0 radical (unpaired) electrons. The fourth-order valence-corrected chi connectivity index (χ4v) is 4.64. The number of nitrogens with zero attached hydrogens (tertiary/aromatic N) is 4. The third-order valence-corrected chi connectivity index (χ3v) is 6.70. The summed E-state index contributed by atoms with van der Waals surface area (Å²) in [6.07, 6.45) is -0.584. The molecular formula is C23H22FN5O2S2. The van der Waals surface area contributed by atoms with Gasteiger partial charge < -0.3 is 10.1 Å². The minimum absolute atomic E-state index is 0.130. The smallest absolute Gasteiger partial charge is 0.236 e. The second-order valence-electron chi connectivity index (χ2n) is 7.20. The number of thioether (sulfide) groups is 1. The largest absolute Gasteiger partial charge is 0.480 e. The number of nitrogens with one attached hydrogen (secondary N) is 1. The average Bonchev–Trinajstić information content (AvgIpc) is 3.37. The maximum Gasteiger partial charge on any atom is 0.236 e. The van der Waals surface area contributed by atoms with Crippen LogP contribution in [-0.4, -0.2) is 31.4 Å². The molecule has 0 saturated carbocycles. The summed E-state index contributed by atoms with van der Waals surface area (Å²) in [7, 11) is 0. The summed E-state index contributed by atoms with van der Waals surface area (Å²) in [4.78, 5) is 17.9. The zero-order valence-electron chi connectivity index (χ0n) is 18.3. The second-order valence-corrected chi connectivity index (χ2v) is 9.35. The predicted molar refractivity (Wildman–Crippen MR) is 128 cm³/mol. The molecule has 33 heavy (non-hydrogen) atoms. The summed E-state index contributed by atoms with van der Waals surface area (Å²) in [5.41, 5.74) is 1.72. The van der Waals surface area contributed by atoms with Crippen LogP contribution in [0, 0.1) is 19.7 Å². The highest BCUT2D eigenvalue weighted by atomic mass is 32.2. The van der Waals surface area contributed by atoms with Gasteiger partial charge in [-0.1, -0.05) is 42.1 Å². The molecule has 0 fully saturated rings. The van der Waals surface area contributed by atoms with E-state index in [1.165, 1.54) is 29.2 Å². The molecule has 2 aromatic carbocycles. The van der Waals surface area contributed by atoms with E-state index in [4.69, 9.17) is 4.74 Å². The first-order chi connectivity index (χ1) is 15.9. The van der Waals surface area contributed by atoms with Crippen molar-refractivity contribution >= 4 is 34.1 Å². The van der Waals surface area contributed by atoms with Crippen LogP contribution in [0.15, 0.2) is 59.8 Å². The molecule has 4 aromatic rings. The number of para-hydroxylation sites is 2. The number of halogens is 1. The van der Waals surface area contributed by atoms with E-state index >= 15 is 0 Å². The van der Waals surface area contributed by atoms with Gasteiger partial charge in [0.2, 0.25) is 5.91 Å². The van der Waals surface area contributed by atoms with Crippen molar-refractivity contribution in [1.29, 1.82) is 0 Å². The molecule has 0 aliphatic heterocycles. The molecule has 4 rings (SSSR count). The van der Waals surface area contributed by atoms with Gasteiger partial charge >= 0.3 is 0 Å². The summed E-state index contributed by atoms with van der Waals surface area (Å²) in [6, 6.07) is 15.7. The molecule has 0 aliphatic rings. The Balaban J connectivity index is 1.54. The topological polar surface area (TPSA) is 81.9 Å². The van der Waals surface area contributed by atoms with Crippen molar-refractivity contribution in [2.24, 2.45) is 0 Å². The summed E-state index contributed by atoms with van der Waals surface area (Å²) >= 11 is 2.69. The molecule has 0 aliphatic carbocycles. The predicted octanol–water partition coefficient (Wildman–Crippen LogP) is 5.35. The Morgan fingerprint density at radius 3 is 2.58 bits per heavy atom. The summed E-state index contributed by atoms with van der Waals surface area (Å²) < 4.78 is 21.7. The molecule has 1 N–H and O–H groups in total. The van der Waals surface area contributed by atoms with E-state index in [-0.39, 0.29) is 17.4 Å². The van der Waals surface area contributed by atoms with Crippen LogP contribution in [0.3, 0.4) is 0 Å². The Morgan fingerprint density at radius 1 is 1.15 bits per heavy atom. The van der Waals surface area contributed by atoms with Gasteiger partial charge in [0.25, 0.3) is 0 Å². The van der Waals surface area contributed by atoms with E-state index in [9.17, 15) is 9.18 Å². The molecule has 0 bridgehead atoms. The van der Waals surface area contributed by atoms with Gasteiger partial charge in [-0.3, -0.25) is 9.36 Å². The number of aryl methyl sites for hydroxylation is 2. The summed E-state index contributed by atoms with van der Waals surface area (Å²) in [5, 5.41) is 12.5. The Kier molecular flexibility index (Phi) is 7.05. The van der Waals surface area contributed by atoms with E-state index in [0.717, 1.165) is 16.3 Å². The van der Waals surface area contributed by atoms with Crippen LogP contribution < -0.4 is 10.1 Å². The van der Waals surface area contributed by atoms with Crippen molar-refractivity contribution in [2.45, 2.75) is 32.0 Å². The summed E-state index contributed by atoms with van der Waals surface area (Å²) in [5.74, 6) is 0.127. The van der Waals surface area contributed by atoms with Gasteiger partial charge in [-0.05, 0) is 45.0 Å². The first-order valence-corrected chi connectivity index (χ1v) is 12.0. The highest BCUT2D eigenvalue weighted by Gasteiger charge is 2.22. The SMILES string of the molecule is Cc1nc(NC(=O)CSc2nnc(C(C)Oc3ccccc3F)n2-c2ccccc2)sc1C. The molecule has 7 nitrogen and oxygen atoms in total. The lowest BCUT2D eigenvalue weighted by Gasteiger charge is -2.17. The number of hydrogen-bond acceptors (Lipinski definition) is 7. The van der Waals surface area contributed by atoms with Crippen LogP contribution in [0.1, 0.15) is 29.4 Å². The molecule has 0 saturated heterocycles. The molecule has 1 atom stereocenters. The van der Waals surface area contributed by atoms with E-state index in [1.807, 2.05) is 48.7 Å². The van der Waals surface area contributed by atoms with E-state index in [2.05, 4.69) is 20.5 Å². The minimum atomic E-state index is -0.584. The maximum absolute atomic E-state index is 14.1. The zero-order chi connectivity index (χ0) is 23.4. The zero-order valence-corrected chi connectivity index (χ0v) is 19.9. The third-order valence-electron chi connectivity index (χ3n) is 4.78. The Bertz CT molecular complexity index is 1240. The summed E-state index contributed by atoms with van der Waals surface area (Å²) in [6.45, 7) is 5.65. The third kappa shape index (κ3) is 5.40. The normalized spacial score (nSPS) is 11.9. The van der Waals surface area contributed by atoms with Crippen LogP contribution in [-0.2, 0) is 4.79 Å². The molecule has 2 heterocycles. The lowest BCUT2D eigenvalue weighted by molar-refractivity contribution is -0.113. The van der Waals surface area contributed by atoms with E-state index in [0.29, 0.717) is 16.1 Å². The standard InChI is InChI=1S/C23H22FN5O2S2/c1-14-16(3)33-22(25-14)26-20(30)13-32-23-28-27-21(29(23)17-9-5-4-6-10-17)15(2)31-19-12-8-7-11-18(19)24/h4-12,15H,13H2,1-3H3,(H,25,26,30). The number of anilines is 1. The quantitative estimate of drug-likeness (QED) is 0.340. The first-order valence-electron chi connectivity index (χ1n) is 10.2. The average molecular weight is 484 g/mol. The number of carbonyl (C=O) groups is 1. The Labute approximate surface area is 199 Å². The van der Waals surface area contributed by atoms with Crippen LogP contribution in [0.4, 0.5) is 9.52 Å². The number of benzene rings is 2. The number of ether oxygens (including phenoxy) is 1. The van der Waals surface area contributed by atoms with Crippen molar-refractivity contribution in [3.8, 4) is 11.4 Å². The molecular weight excluding hydrogens is 461 g/mol. The number of rotatable bonds is 8. The van der Waals surface area contributed by atoms with Gasteiger partial charge in [0.05, 0.1) is 11.4 Å². The van der Waals surface area contributed by atoms with Crippen molar-refractivity contribution in [2.75, 3.05) is 11.1 Å². The van der Waals surface area contributed by atoms with Crippen molar-refractivity contribution < 1.29 is 13.9 Å². The Morgan fingerprint density at radius 2 is 1.88 bits per heavy atom. The van der Waals surface area contributed by atoms with Crippen molar-refractivity contribution in [3.63, 3.8) is 0 Å². The van der Waals surface area contributed by atoms with Crippen LogP contribution in [0.2, 0.25) is 0 Å². The second kappa shape index (κ2) is 10.1. The molecule has 1 unspecified atom stereocenters. The van der Waals surface area contributed by atoms with Gasteiger partial charge in [-0.2, -0.15) is 0 Å². The fourth-order valence-electron chi connectivity index (χ4n) is 3.05. The van der Waals surface area contributed by atoms with Gasteiger partial charge in [-0.15, -0.1) is 21.5 Å². The first kappa shape index (κ1) is 22.9. The van der Waals surface area contributed by atoms with Crippen LogP contribution in [0.5, 0.6) is 5.75 Å². The minimum Gasteiger partial charge on any atom is -0.480 e. The highest BCUT2D eigenvalue weighted by molar-refractivity contribution is 7.99. The number of hydrogen-bond donors (Lipinski definition) is 1. The van der Waals surface area contributed by atoms with Gasteiger partial charge in [0.15, 0.2) is 33.8 Å². The molecule has 2 aromatic heterocycles. The lowest BCUT2D eigenvalue weighted by Crippen LogP contribution is -2.15.